The van der Waals surface area contributed by atoms with Gasteiger partial charge in [-0.15, -0.1) is 0 Å². The van der Waals surface area contributed by atoms with Crippen LogP contribution < -0.4 is 51.4 Å². The predicted molar refractivity (Wildman–Crippen MR) is 99.5 cm³/mol. The SMILES string of the molecule is CO[Si](C)(OC)OC.CO[Si](CCCCCC(C)C)(OC)OC.[K+].[OH-]. The van der Waals surface area contributed by atoms with Crippen LogP contribution in [0.1, 0.15) is 39.5 Å². The first-order valence-electron chi connectivity index (χ1n) is 8.09. The molecule has 0 spiro atoms. The van der Waals surface area contributed by atoms with Gasteiger partial charge < -0.3 is 32.0 Å². The maximum absolute atomic E-state index is 5.36. The average Bonchev–Trinajstić information content (AvgIpc) is 2.58. The van der Waals surface area contributed by atoms with Crippen LogP contribution in [0, 0.1) is 5.92 Å². The minimum atomic E-state index is -2.29. The Bertz CT molecular complexity index is 250. The van der Waals surface area contributed by atoms with Gasteiger partial charge in [0.15, 0.2) is 0 Å². The van der Waals surface area contributed by atoms with Crippen LogP contribution in [0.15, 0.2) is 0 Å². The summed E-state index contributed by atoms with van der Waals surface area (Å²) in [6.45, 7) is 6.35. The third-order valence-corrected chi connectivity index (χ3v) is 8.87. The van der Waals surface area contributed by atoms with Crippen LogP contribution in [0.25, 0.3) is 0 Å². The van der Waals surface area contributed by atoms with Gasteiger partial charge in [0.05, 0.1) is 0 Å². The summed E-state index contributed by atoms with van der Waals surface area (Å²) >= 11 is 0. The summed E-state index contributed by atoms with van der Waals surface area (Å²) in [7, 11) is 5.30. The molecular weight excluding hydrogens is 387 g/mol. The summed E-state index contributed by atoms with van der Waals surface area (Å²) in [5.74, 6) is 0.805. The van der Waals surface area contributed by atoms with Crippen LogP contribution in [0.4, 0.5) is 0 Å². The van der Waals surface area contributed by atoms with E-state index >= 15 is 0 Å². The summed E-state index contributed by atoms with van der Waals surface area (Å²) in [6.07, 6.45) is 4.97. The fourth-order valence-electron chi connectivity index (χ4n) is 1.88. The second kappa shape index (κ2) is 20.5. The van der Waals surface area contributed by atoms with Gasteiger partial charge in [-0.3, -0.25) is 0 Å². The standard InChI is InChI=1S/C11H26O3Si.C4H12O3Si.K.H2O/c1-11(2)9-7-6-8-10-15(12-3,13-4)14-5;1-5-8(4,6-2)7-3;;/h11H,6-10H2,1-5H3;1-4H3;;1H2/q;;+1;/p-1. The number of rotatable bonds is 12. The average molecular weight is 427 g/mol. The van der Waals surface area contributed by atoms with E-state index < -0.39 is 17.6 Å². The van der Waals surface area contributed by atoms with Gasteiger partial charge >= 0.3 is 69.0 Å². The predicted octanol–water partition coefficient (Wildman–Crippen LogP) is 0.402. The molecule has 0 fully saturated rings. The van der Waals surface area contributed by atoms with Crippen molar-refractivity contribution in [2.75, 3.05) is 42.7 Å². The van der Waals surface area contributed by atoms with Gasteiger partial charge in [0.2, 0.25) is 0 Å². The normalized spacial score (nSPS) is 11.3. The van der Waals surface area contributed by atoms with E-state index in [1.807, 2.05) is 6.55 Å². The van der Waals surface area contributed by atoms with Gasteiger partial charge in [0.1, 0.15) is 0 Å². The van der Waals surface area contributed by atoms with Gasteiger partial charge in [0.25, 0.3) is 0 Å². The van der Waals surface area contributed by atoms with E-state index in [9.17, 15) is 0 Å². The zero-order valence-corrected chi connectivity index (χ0v) is 23.1. The monoisotopic (exact) mass is 426 g/mol. The van der Waals surface area contributed by atoms with Crippen LogP contribution in [-0.2, 0) is 26.6 Å². The molecule has 0 rings (SSSR count). The molecule has 0 saturated carbocycles. The molecule has 7 nitrogen and oxygen atoms in total. The van der Waals surface area contributed by atoms with Gasteiger partial charge in [-0.2, -0.15) is 0 Å². The van der Waals surface area contributed by atoms with Gasteiger partial charge in [-0.1, -0.05) is 33.1 Å². The van der Waals surface area contributed by atoms with E-state index in [2.05, 4.69) is 13.8 Å². The summed E-state index contributed by atoms with van der Waals surface area (Å²) in [5, 5.41) is 0. The van der Waals surface area contributed by atoms with Crippen molar-refractivity contribution in [1.82, 2.24) is 0 Å². The largest absolute Gasteiger partial charge is 1.00 e. The molecule has 0 aromatic carbocycles. The maximum atomic E-state index is 5.36. The minimum absolute atomic E-state index is 0. The second-order valence-corrected chi connectivity index (χ2v) is 11.8. The molecule has 0 bridgehead atoms. The zero-order chi connectivity index (χ0) is 18.4. The van der Waals surface area contributed by atoms with Crippen molar-refractivity contribution in [2.24, 2.45) is 5.92 Å². The molecule has 0 aromatic heterocycles. The summed E-state index contributed by atoms with van der Waals surface area (Å²) in [4.78, 5) is 0. The molecule has 0 heterocycles. The van der Waals surface area contributed by atoms with Gasteiger partial charge in [-0.05, 0) is 12.3 Å². The van der Waals surface area contributed by atoms with E-state index in [0.717, 1.165) is 18.4 Å². The van der Waals surface area contributed by atoms with E-state index in [1.54, 1.807) is 42.7 Å². The first-order valence-corrected chi connectivity index (χ1v) is 12.2. The topological polar surface area (TPSA) is 85.4 Å². The molecule has 0 atom stereocenters. The molecule has 0 aliphatic rings. The molecule has 0 aliphatic heterocycles. The summed E-state index contributed by atoms with van der Waals surface area (Å²) < 4.78 is 30.9. The molecule has 0 unspecified atom stereocenters. The Balaban J connectivity index is -0.000000190. The molecule has 0 aromatic rings. The van der Waals surface area contributed by atoms with Crippen LogP contribution in [-0.4, -0.2) is 65.7 Å². The number of hydrogen-bond acceptors (Lipinski definition) is 7. The Morgan fingerprint density at radius 3 is 1.32 bits per heavy atom. The van der Waals surface area contributed by atoms with Crippen molar-refractivity contribution in [3.8, 4) is 0 Å². The fourth-order valence-corrected chi connectivity index (χ4v) is 4.17. The molecule has 0 amide bonds. The van der Waals surface area contributed by atoms with Crippen LogP contribution in [0.3, 0.4) is 0 Å². The second-order valence-electron chi connectivity index (χ2n) is 5.76. The third kappa shape index (κ3) is 17.6. The molecule has 10 heteroatoms. The molecule has 0 saturated heterocycles. The third-order valence-electron chi connectivity index (χ3n) is 3.81. The first-order chi connectivity index (χ1) is 10.8. The van der Waals surface area contributed by atoms with E-state index in [0.29, 0.717) is 0 Å². The molecular formula is C15H39KO7Si2. The Hall–Kier alpha value is 1.79. The Morgan fingerprint density at radius 2 is 1.08 bits per heavy atom. The summed E-state index contributed by atoms with van der Waals surface area (Å²) in [5.41, 5.74) is 0. The number of hydrogen-bond donors (Lipinski definition) is 0. The first kappa shape index (κ1) is 34.3. The Labute approximate surface area is 199 Å². The van der Waals surface area contributed by atoms with Crippen molar-refractivity contribution >= 4 is 17.6 Å². The maximum Gasteiger partial charge on any atom is 1.00 e. The molecule has 0 aliphatic carbocycles. The smallest absolute Gasteiger partial charge is 0.870 e. The van der Waals surface area contributed by atoms with Gasteiger partial charge in [0, 0.05) is 55.2 Å². The Kier molecular flexibility index (Phi) is 28.2. The number of unbranched alkanes of at least 4 members (excludes halogenated alkanes) is 2. The summed E-state index contributed by atoms with van der Waals surface area (Å²) in [6, 6.07) is 0.925. The van der Waals surface area contributed by atoms with Crippen molar-refractivity contribution in [3.63, 3.8) is 0 Å². The molecule has 150 valence electrons. The minimum Gasteiger partial charge on any atom is -0.870 e. The van der Waals surface area contributed by atoms with Crippen LogP contribution >= 0.6 is 0 Å². The molecule has 1 N–H and O–H groups in total. The van der Waals surface area contributed by atoms with Crippen molar-refractivity contribution in [2.45, 2.75) is 52.1 Å². The Morgan fingerprint density at radius 1 is 0.680 bits per heavy atom. The van der Waals surface area contributed by atoms with E-state index in [4.69, 9.17) is 26.6 Å². The van der Waals surface area contributed by atoms with E-state index in [-0.39, 0.29) is 56.9 Å². The molecule has 0 radical (unpaired) electrons. The quantitative estimate of drug-likeness (QED) is 0.330. The zero-order valence-electron chi connectivity index (χ0n) is 18.0. The van der Waals surface area contributed by atoms with Crippen LogP contribution in [0.5, 0.6) is 0 Å². The fraction of sp³-hybridized carbons (Fsp3) is 1.00. The molecule has 25 heavy (non-hydrogen) atoms. The van der Waals surface area contributed by atoms with Crippen molar-refractivity contribution in [3.05, 3.63) is 0 Å². The van der Waals surface area contributed by atoms with Crippen LogP contribution in [0.2, 0.25) is 12.6 Å². The van der Waals surface area contributed by atoms with Gasteiger partial charge in [-0.25, -0.2) is 0 Å². The van der Waals surface area contributed by atoms with Crippen molar-refractivity contribution in [1.29, 1.82) is 0 Å². The van der Waals surface area contributed by atoms with Crippen molar-refractivity contribution < 1.29 is 83.4 Å². The van der Waals surface area contributed by atoms with E-state index in [1.165, 1.54) is 19.3 Å².